The van der Waals surface area contributed by atoms with Crippen LogP contribution in [0.4, 0.5) is 0 Å². The first kappa shape index (κ1) is 13.0. The zero-order valence-electron chi connectivity index (χ0n) is 10.1. The number of nitrogens with two attached hydrogens (primary N) is 1. The fourth-order valence-corrected chi connectivity index (χ4v) is 2.36. The van der Waals surface area contributed by atoms with E-state index in [0.717, 1.165) is 12.1 Å². The van der Waals surface area contributed by atoms with Crippen molar-refractivity contribution in [2.45, 2.75) is 5.92 Å². The number of benzene rings is 1. The molecule has 3 N–H and O–H groups in total. The van der Waals surface area contributed by atoms with Gasteiger partial charge in [-0.05, 0) is 5.56 Å². The number of nitrogens with zero attached hydrogens (tertiary/aromatic N) is 1. The predicted octanol–water partition coefficient (Wildman–Crippen LogP) is 0.488. The zero-order chi connectivity index (χ0) is 13.0. The number of hydrogen-bond acceptors (Lipinski definition) is 3. The monoisotopic (exact) mass is 263 g/mol. The minimum absolute atomic E-state index is 0.00657. The lowest BCUT2D eigenvalue weighted by Gasteiger charge is -2.30. The van der Waals surface area contributed by atoms with Crippen LogP contribution in [0.25, 0.3) is 0 Å². The molecule has 1 unspecified atom stereocenters. The van der Waals surface area contributed by atoms with Crippen LogP contribution >= 0.6 is 12.2 Å². The predicted molar refractivity (Wildman–Crippen MR) is 75.4 cm³/mol. The highest BCUT2D eigenvalue weighted by molar-refractivity contribution is 7.80. The van der Waals surface area contributed by atoms with Gasteiger partial charge in [-0.2, -0.15) is 0 Å². The molecule has 18 heavy (non-hydrogen) atoms. The van der Waals surface area contributed by atoms with Gasteiger partial charge >= 0.3 is 0 Å². The average Bonchev–Trinajstić information content (AvgIpc) is 2.37. The van der Waals surface area contributed by atoms with Crippen molar-refractivity contribution in [1.82, 2.24) is 10.2 Å². The molecule has 1 heterocycles. The van der Waals surface area contributed by atoms with Crippen LogP contribution in [-0.2, 0) is 4.79 Å². The number of carbonyl (C=O) groups excluding carboxylic acids is 1. The molecule has 1 amide bonds. The molecule has 0 aromatic heterocycles. The molecule has 0 aliphatic carbocycles. The number of piperazine rings is 1. The second-order valence-corrected chi connectivity index (χ2v) is 4.92. The van der Waals surface area contributed by atoms with Gasteiger partial charge in [-0.15, -0.1) is 0 Å². The van der Waals surface area contributed by atoms with E-state index in [4.69, 9.17) is 18.0 Å². The molecule has 2 rings (SSSR count). The zero-order valence-corrected chi connectivity index (χ0v) is 11.0. The van der Waals surface area contributed by atoms with Crippen molar-refractivity contribution in [1.29, 1.82) is 0 Å². The van der Waals surface area contributed by atoms with Crippen molar-refractivity contribution in [3.63, 3.8) is 0 Å². The van der Waals surface area contributed by atoms with E-state index >= 15 is 0 Å². The van der Waals surface area contributed by atoms with Crippen LogP contribution in [0.5, 0.6) is 0 Å². The fourth-order valence-electron chi connectivity index (χ4n) is 2.15. The Morgan fingerprint density at radius 3 is 2.78 bits per heavy atom. The average molecular weight is 263 g/mol. The molecule has 1 aliphatic rings. The number of amides is 1. The van der Waals surface area contributed by atoms with Crippen molar-refractivity contribution in [2.75, 3.05) is 26.2 Å². The third-order valence-electron chi connectivity index (χ3n) is 3.10. The quantitative estimate of drug-likeness (QED) is 0.776. The number of rotatable bonds is 4. The Balaban J connectivity index is 2.07. The Morgan fingerprint density at radius 1 is 1.44 bits per heavy atom. The van der Waals surface area contributed by atoms with Crippen molar-refractivity contribution in [2.24, 2.45) is 5.73 Å². The maximum atomic E-state index is 11.3. The third kappa shape index (κ3) is 3.27. The van der Waals surface area contributed by atoms with E-state index in [1.54, 1.807) is 0 Å². The van der Waals surface area contributed by atoms with Gasteiger partial charge in [-0.3, -0.25) is 9.69 Å². The number of nitrogens with one attached hydrogen (secondary N) is 1. The minimum Gasteiger partial charge on any atom is -0.393 e. The van der Waals surface area contributed by atoms with Gasteiger partial charge in [0.25, 0.3) is 0 Å². The lowest BCUT2D eigenvalue weighted by Crippen LogP contribution is -2.49. The second-order valence-electron chi connectivity index (χ2n) is 4.45. The van der Waals surface area contributed by atoms with Crippen molar-refractivity contribution in [3.05, 3.63) is 35.9 Å². The molecular formula is C13H17N3OS. The highest BCUT2D eigenvalue weighted by Gasteiger charge is 2.22. The van der Waals surface area contributed by atoms with Crippen LogP contribution in [0, 0.1) is 0 Å². The van der Waals surface area contributed by atoms with E-state index in [2.05, 4.69) is 10.2 Å². The van der Waals surface area contributed by atoms with Gasteiger partial charge in [0.05, 0.1) is 11.5 Å². The SMILES string of the molecule is NC(=S)C(CN1CCNC(=O)C1)c1ccccc1. The summed E-state index contributed by atoms with van der Waals surface area (Å²) in [6, 6.07) is 9.96. The van der Waals surface area contributed by atoms with Gasteiger partial charge in [0.15, 0.2) is 0 Å². The molecule has 0 spiro atoms. The Morgan fingerprint density at radius 2 is 2.17 bits per heavy atom. The van der Waals surface area contributed by atoms with Gasteiger partial charge < -0.3 is 11.1 Å². The minimum atomic E-state index is 0.00657. The first-order valence-electron chi connectivity index (χ1n) is 6.00. The number of thiocarbonyl (C=S) groups is 1. The van der Waals surface area contributed by atoms with E-state index in [-0.39, 0.29) is 11.8 Å². The summed E-state index contributed by atoms with van der Waals surface area (Å²) in [7, 11) is 0. The molecule has 96 valence electrons. The summed E-state index contributed by atoms with van der Waals surface area (Å²) in [5.74, 6) is 0.0723. The maximum Gasteiger partial charge on any atom is 0.234 e. The molecule has 0 radical (unpaired) electrons. The van der Waals surface area contributed by atoms with Crippen molar-refractivity contribution in [3.8, 4) is 0 Å². The van der Waals surface area contributed by atoms with Gasteiger partial charge in [0, 0.05) is 25.6 Å². The van der Waals surface area contributed by atoms with Crippen LogP contribution < -0.4 is 11.1 Å². The molecule has 1 aromatic carbocycles. The lowest BCUT2D eigenvalue weighted by atomic mass is 9.98. The van der Waals surface area contributed by atoms with Gasteiger partial charge in [-0.1, -0.05) is 42.5 Å². The standard InChI is InChI=1S/C13H17N3OS/c14-13(18)11(10-4-2-1-3-5-10)8-16-7-6-15-12(17)9-16/h1-5,11H,6-9H2,(H2,14,18)(H,15,17). The molecule has 0 saturated carbocycles. The smallest absolute Gasteiger partial charge is 0.234 e. The van der Waals surface area contributed by atoms with Gasteiger partial charge in [0.2, 0.25) is 5.91 Å². The molecule has 1 atom stereocenters. The summed E-state index contributed by atoms with van der Waals surface area (Å²) in [4.78, 5) is 13.9. The van der Waals surface area contributed by atoms with Gasteiger partial charge in [0.1, 0.15) is 0 Å². The topological polar surface area (TPSA) is 58.4 Å². The van der Waals surface area contributed by atoms with E-state index < -0.39 is 0 Å². The number of hydrogen-bond donors (Lipinski definition) is 2. The first-order valence-corrected chi connectivity index (χ1v) is 6.41. The van der Waals surface area contributed by atoms with Crippen molar-refractivity contribution >= 4 is 23.1 Å². The van der Waals surface area contributed by atoms with Gasteiger partial charge in [-0.25, -0.2) is 0 Å². The summed E-state index contributed by atoms with van der Waals surface area (Å²) < 4.78 is 0. The van der Waals surface area contributed by atoms with Crippen LogP contribution in [-0.4, -0.2) is 42.0 Å². The second kappa shape index (κ2) is 5.93. The van der Waals surface area contributed by atoms with E-state index in [0.29, 0.717) is 24.6 Å². The molecule has 1 aliphatic heterocycles. The highest BCUT2D eigenvalue weighted by atomic mass is 32.1. The Bertz CT molecular complexity index is 435. The largest absolute Gasteiger partial charge is 0.393 e. The molecule has 4 nitrogen and oxygen atoms in total. The van der Waals surface area contributed by atoms with E-state index in [1.807, 2.05) is 30.3 Å². The normalized spacial score (nSPS) is 18.1. The van der Waals surface area contributed by atoms with Crippen LogP contribution in [0.1, 0.15) is 11.5 Å². The number of carbonyl (C=O) groups is 1. The summed E-state index contributed by atoms with van der Waals surface area (Å²) in [5.41, 5.74) is 6.93. The summed E-state index contributed by atoms with van der Waals surface area (Å²) in [5, 5.41) is 2.81. The van der Waals surface area contributed by atoms with E-state index in [1.165, 1.54) is 0 Å². The summed E-state index contributed by atoms with van der Waals surface area (Å²) >= 11 is 5.15. The van der Waals surface area contributed by atoms with E-state index in [9.17, 15) is 4.79 Å². The lowest BCUT2D eigenvalue weighted by molar-refractivity contribution is -0.124. The Kier molecular flexibility index (Phi) is 4.28. The molecule has 1 aromatic rings. The maximum absolute atomic E-state index is 11.3. The van der Waals surface area contributed by atoms with Crippen LogP contribution in [0.15, 0.2) is 30.3 Å². The third-order valence-corrected chi connectivity index (χ3v) is 3.39. The summed E-state index contributed by atoms with van der Waals surface area (Å²) in [6.45, 7) is 2.66. The van der Waals surface area contributed by atoms with Crippen molar-refractivity contribution < 1.29 is 4.79 Å². The molecular weight excluding hydrogens is 246 g/mol. The Labute approximate surface area is 112 Å². The van der Waals surface area contributed by atoms with Crippen LogP contribution in [0.2, 0.25) is 0 Å². The Hall–Kier alpha value is -1.46. The highest BCUT2D eigenvalue weighted by Crippen LogP contribution is 2.17. The molecule has 1 saturated heterocycles. The summed E-state index contributed by atoms with van der Waals surface area (Å²) in [6.07, 6.45) is 0. The molecule has 0 bridgehead atoms. The first-order chi connectivity index (χ1) is 8.66. The molecule has 1 fully saturated rings. The van der Waals surface area contributed by atoms with Crippen LogP contribution in [0.3, 0.4) is 0 Å². The fraction of sp³-hybridized carbons (Fsp3) is 0.385. The molecule has 5 heteroatoms.